The first kappa shape index (κ1) is 11.7. The number of hydrogen-bond donors (Lipinski definition) is 0. The Hall–Kier alpha value is -1.38. The number of ketones is 1. The molecular formula is C12H16O3. The van der Waals surface area contributed by atoms with Gasteiger partial charge in [0.25, 0.3) is 0 Å². The highest BCUT2D eigenvalue weighted by Gasteiger charge is 2.33. The van der Waals surface area contributed by atoms with E-state index < -0.39 is 0 Å². The quantitative estimate of drug-likeness (QED) is 0.517. The van der Waals surface area contributed by atoms with Crippen molar-refractivity contribution in [3.05, 3.63) is 24.0 Å². The highest BCUT2D eigenvalue weighted by atomic mass is 16.5. The lowest BCUT2D eigenvalue weighted by Crippen LogP contribution is -2.26. The molecule has 15 heavy (non-hydrogen) atoms. The first-order chi connectivity index (χ1) is 6.86. The predicted octanol–water partition coefficient (Wildman–Crippen LogP) is 2.38. The van der Waals surface area contributed by atoms with Crippen LogP contribution in [-0.4, -0.2) is 11.8 Å². The second-order valence-corrected chi connectivity index (χ2v) is 4.36. The Morgan fingerprint density at radius 2 is 2.20 bits per heavy atom. The summed E-state index contributed by atoms with van der Waals surface area (Å²) in [6.07, 6.45) is 2.22. The molecule has 0 atom stereocenters. The van der Waals surface area contributed by atoms with Gasteiger partial charge in [-0.25, -0.2) is 0 Å². The van der Waals surface area contributed by atoms with Crippen LogP contribution in [0, 0.1) is 5.41 Å². The summed E-state index contributed by atoms with van der Waals surface area (Å²) in [7, 11) is 0. The van der Waals surface area contributed by atoms with Gasteiger partial charge in [-0.05, 0) is 12.0 Å². The normalized spacial score (nSPS) is 19.8. The molecule has 0 saturated heterocycles. The molecular weight excluding hydrogens is 192 g/mol. The molecule has 1 aliphatic rings. The Kier molecular flexibility index (Phi) is 3.12. The van der Waals surface area contributed by atoms with E-state index in [1.807, 2.05) is 13.8 Å². The topological polar surface area (TPSA) is 43.4 Å². The van der Waals surface area contributed by atoms with Crippen LogP contribution >= 0.6 is 0 Å². The van der Waals surface area contributed by atoms with Crippen LogP contribution in [0.5, 0.6) is 0 Å². The molecule has 3 nitrogen and oxygen atoms in total. The average molecular weight is 208 g/mol. The first-order valence-electron chi connectivity index (χ1n) is 5.02. The van der Waals surface area contributed by atoms with Gasteiger partial charge >= 0.3 is 5.97 Å². The highest BCUT2D eigenvalue weighted by Crippen LogP contribution is 2.38. The maximum Gasteiger partial charge on any atom is 0.310 e. The minimum atomic E-state index is -0.324. The Morgan fingerprint density at radius 1 is 1.60 bits per heavy atom. The zero-order chi connectivity index (χ0) is 11.6. The fourth-order valence-corrected chi connectivity index (χ4v) is 1.49. The summed E-state index contributed by atoms with van der Waals surface area (Å²) in [4.78, 5) is 22.6. The number of ether oxygens (including phenoxy) is 1. The lowest BCUT2D eigenvalue weighted by atomic mass is 9.78. The monoisotopic (exact) mass is 208 g/mol. The lowest BCUT2D eigenvalue weighted by Gasteiger charge is -2.30. The Bertz CT molecular complexity index is 348. The molecule has 0 N–H and O–H groups in total. The highest BCUT2D eigenvalue weighted by molar-refractivity contribution is 6.05. The summed E-state index contributed by atoms with van der Waals surface area (Å²) < 4.78 is 5.13. The van der Waals surface area contributed by atoms with Crippen molar-refractivity contribution in [2.24, 2.45) is 5.41 Å². The third-order valence-corrected chi connectivity index (χ3v) is 2.45. The van der Waals surface area contributed by atoms with E-state index >= 15 is 0 Å². The van der Waals surface area contributed by atoms with Gasteiger partial charge in [0.05, 0.1) is 0 Å². The van der Waals surface area contributed by atoms with Crippen molar-refractivity contribution in [1.82, 2.24) is 0 Å². The van der Waals surface area contributed by atoms with Gasteiger partial charge in [0.1, 0.15) is 5.76 Å². The van der Waals surface area contributed by atoms with Crippen molar-refractivity contribution in [1.29, 1.82) is 0 Å². The molecule has 0 bridgehead atoms. The zero-order valence-corrected chi connectivity index (χ0v) is 9.42. The van der Waals surface area contributed by atoms with Crippen LogP contribution in [0.3, 0.4) is 0 Å². The Labute approximate surface area is 89.8 Å². The second kappa shape index (κ2) is 4.01. The second-order valence-electron chi connectivity index (χ2n) is 4.36. The van der Waals surface area contributed by atoms with Crippen LogP contribution < -0.4 is 0 Å². The number of carbonyl (C=O) groups is 2. The van der Waals surface area contributed by atoms with Gasteiger partial charge < -0.3 is 4.74 Å². The molecule has 82 valence electrons. The molecule has 0 fully saturated rings. The van der Waals surface area contributed by atoms with Crippen LogP contribution in [0.15, 0.2) is 24.0 Å². The van der Waals surface area contributed by atoms with E-state index in [1.54, 1.807) is 6.92 Å². The molecule has 1 rings (SSSR count). The molecule has 0 saturated carbocycles. The van der Waals surface area contributed by atoms with Crippen molar-refractivity contribution in [2.45, 2.75) is 33.6 Å². The fraction of sp³-hybridized carbons (Fsp3) is 0.500. The Balaban J connectivity index is 2.94. The minimum Gasteiger partial charge on any atom is -0.430 e. The van der Waals surface area contributed by atoms with Crippen LogP contribution in [0.25, 0.3) is 0 Å². The van der Waals surface area contributed by atoms with Crippen LogP contribution in [0.1, 0.15) is 33.6 Å². The largest absolute Gasteiger partial charge is 0.430 e. The van der Waals surface area contributed by atoms with Crippen LogP contribution in [-0.2, 0) is 14.3 Å². The maximum atomic E-state index is 11.4. The summed E-state index contributed by atoms with van der Waals surface area (Å²) >= 11 is 0. The average Bonchev–Trinajstić information content (AvgIpc) is 2.13. The van der Waals surface area contributed by atoms with Crippen LogP contribution in [0.4, 0.5) is 0 Å². The summed E-state index contributed by atoms with van der Waals surface area (Å²) in [5.74, 6) is -0.00499. The first-order valence-corrected chi connectivity index (χ1v) is 5.02. The van der Waals surface area contributed by atoms with Crippen LogP contribution in [0.2, 0.25) is 0 Å². The van der Waals surface area contributed by atoms with Crippen molar-refractivity contribution in [3.8, 4) is 0 Å². The molecule has 0 aromatic heterocycles. The molecule has 0 amide bonds. The summed E-state index contributed by atoms with van der Waals surface area (Å²) in [6, 6.07) is 0. The number of esters is 1. The van der Waals surface area contributed by atoms with E-state index in [2.05, 4.69) is 6.58 Å². The number of carbonyl (C=O) groups excluding carboxylic acids is 2. The van der Waals surface area contributed by atoms with Gasteiger partial charge in [-0.3, -0.25) is 9.59 Å². The van der Waals surface area contributed by atoms with Crippen molar-refractivity contribution >= 4 is 11.8 Å². The minimum absolute atomic E-state index is 0.145. The molecule has 0 radical (unpaired) electrons. The molecule has 1 aliphatic carbocycles. The molecule has 0 unspecified atom stereocenters. The van der Waals surface area contributed by atoms with E-state index in [1.165, 1.54) is 6.08 Å². The van der Waals surface area contributed by atoms with Gasteiger partial charge in [-0.1, -0.05) is 27.4 Å². The SMILES string of the molecule is C=C1CC(C)(C)C(OC(=O)CC)=CC1=O. The van der Waals surface area contributed by atoms with Gasteiger partial charge in [-0.2, -0.15) is 0 Å². The lowest BCUT2D eigenvalue weighted by molar-refractivity contribution is -0.141. The summed E-state index contributed by atoms with van der Waals surface area (Å²) in [5, 5.41) is 0. The zero-order valence-electron chi connectivity index (χ0n) is 9.42. The third kappa shape index (κ3) is 2.55. The maximum absolute atomic E-state index is 11.4. The molecule has 3 heteroatoms. The molecule has 0 spiro atoms. The number of rotatable bonds is 2. The number of hydrogen-bond acceptors (Lipinski definition) is 3. The summed E-state index contributed by atoms with van der Waals surface area (Å²) in [5.41, 5.74) is 0.242. The Morgan fingerprint density at radius 3 is 2.73 bits per heavy atom. The molecule has 0 aromatic rings. The fourth-order valence-electron chi connectivity index (χ4n) is 1.49. The van der Waals surface area contributed by atoms with E-state index in [4.69, 9.17) is 4.74 Å². The third-order valence-electron chi connectivity index (χ3n) is 2.45. The van der Waals surface area contributed by atoms with Gasteiger partial charge in [0.2, 0.25) is 0 Å². The van der Waals surface area contributed by atoms with Gasteiger partial charge in [0.15, 0.2) is 5.78 Å². The molecule has 0 aliphatic heterocycles. The van der Waals surface area contributed by atoms with E-state index in [0.29, 0.717) is 24.2 Å². The van der Waals surface area contributed by atoms with E-state index in [9.17, 15) is 9.59 Å². The van der Waals surface area contributed by atoms with Crippen molar-refractivity contribution in [3.63, 3.8) is 0 Å². The molecule has 0 aromatic carbocycles. The smallest absolute Gasteiger partial charge is 0.310 e. The summed E-state index contributed by atoms with van der Waals surface area (Å²) in [6.45, 7) is 9.27. The van der Waals surface area contributed by atoms with E-state index in [-0.39, 0.29) is 17.2 Å². The number of allylic oxidation sites excluding steroid dienone is 3. The van der Waals surface area contributed by atoms with Gasteiger partial charge in [0, 0.05) is 17.9 Å². The van der Waals surface area contributed by atoms with E-state index in [0.717, 1.165) is 0 Å². The van der Waals surface area contributed by atoms with Gasteiger partial charge in [-0.15, -0.1) is 0 Å². The van der Waals surface area contributed by atoms with Crippen molar-refractivity contribution in [2.75, 3.05) is 0 Å². The standard InChI is InChI=1S/C12H16O3/c1-5-11(14)15-10-6-9(13)8(2)7-12(10,3)4/h6H,2,5,7H2,1,3-4H3. The molecule has 0 heterocycles. The predicted molar refractivity (Wildman–Crippen MR) is 57.0 cm³/mol. The van der Waals surface area contributed by atoms with Crippen molar-refractivity contribution < 1.29 is 14.3 Å².